The Hall–Kier alpha value is -0.360. The third-order valence-corrected chi connectivity index (χ3v) is 1.85. The molecule has 1 aliphatic heterocycles. The van der Waals surface area contributed by atoms with Crippen LogP contribution in [-0.2, 0) is 9.53 Å². The van der Waals surface area contributed by atoms with E-state index in [2.05, 4.69) is 0 Å². The van der Waals surface area contributed by atoms with Crippen LogP contribution in [0.4, 0.5) is 0 Å². The van der Waals surface area contributed by atoms with Crippen LogP contribution in [0.3, 0.4) is 0 Å². The summed E-state index contributed by atoms with van der Waals surface area (Å²) in [5, 5.41) is 0. The molecule has 80 valence electrons. The summed E-state index contributed by atoms with van der Waals surface area (Å²) in [7, 11) is 0. The number of carbonyl (C=O) groups excluding carboxylic acids is 1. The van der Waals surface area contributed by atoms with E-state index >= 15 is 0 Å². The van der Waals surface area contributed by atoms with Crippen LogP contribution in [0.25, 0.3) is 0 Å². The van der Waals surface area contributed by atoms with Crippen LogP contribution in [0.5, 0.6) is 0 Å². The van der Waals surface area contributed by atoms with Crippen molar-refractivity contribution in [1.29, 1.82) is 0 Å². The van der Waals surface area contributed by atoms with Crippen molar-refractivity contribution >= 4 is 18.3 Å². The van der Waals surface area contributed by atoms with Gasteiger partial charge >= 0.3 is 0 Å². The van der Waals surface area contributed by atoms with Gasteiger partial charge in [-0.25, -0.2) is 0 Å². The zero-order valence-corrected chi connectivity index (χ0v) is 8.68. The number of amides is 1. The average Bonchev–Trinajstić information content (AvgIpc) is 2.05. The minimum absolute atomic E-state index is 0. The topological polar surface area (TPSA) is 90.6 Å². The minimum Gasteiger partial charge on any atom is -0.373 e. The van der Waals surface area contributed by atoms with E-state index < -0.39 is 0 Å². The van der Waals surface area contributed by atoms with Gasteiger partial charge in [-0.05, 0) is 0 Å². The molecule has 0 aromatic heterocycles. The molecule has 0 aromatic carbocycles. The molecule has 1 aliphatic rings. The highest BCUT2D eigenvalue weighted by Gasteiger charge is 2.20. The fourth-order valence-corrected chi connectivity index (χ4v) is 1.15. The lowest BCUT2D eigenvalue weighted by atomic mass is 10.3. The largest absolute Gasteiger partial charge is 0.373 e. The van der Waals surface area contributed by atoms with E-state index in [0.717, 1.165) is 0 Å². The highest BCUT2D eigenvalue weighted by Crippen LogP contribution is 2.03. The van der Waals surface area contributed by atoms with Crippen molar-refractivity contribution in [2.24, 2.45) is 5.73 Å². The number of nitrogens with two attached hydrogens (primary N) is 1. The summed E-state index contributed by atoms with van der Waals surface area (Å²) in [5.41, 5.74) is 5.40. The number of carbonyl (C=O) groups is 1. The van der Waals surface area contributed by atoms with Crippen molar-refractivity contribution in [3.05, 3.63) is 0 Å². The van der Waals surface area contributed by atoms with Crippen LogP contribution in [0.15, 0.2) is 0 Å². The van der Waals surface area contributed by atoms with Crippen LogP contribution in [-0.4, -0.2) is 43.2 Å². The molecule has 0 aliphatic carbocycles. The highest BCUT2D eigenvalue weighted by molar-refractivity contribution is 5.85. The zero-order valence-electron chi connectivity index (χ0n) is 7.86. The van der Waals surface area contributed by atoms with Gasteiger partial charge in [-0.3, -0.25) is 4.79 Å². The number of halogens is 1. The molecule has 1 amide bonds. The number of ether oxygens (including phenoxy) is 1. The summed E-state index contributed by atoms with van der Waals surface area (Å²) < 4.78 is 5.29. The SMILES string of the molecule is CC(=O)N1CCO[C@@H](CN)C1.Cl.N. The average molecular weight is 212 g/mol. The predicted octanol–water partition coefficient (Wildman–Crippen LogP) is -0.224. The molecule has 1 atom stereocenters. The van der Waals surface area contributed by atoms with Crippen molar-refractivity contribution in [3.8, 4) is 0 Å². The molecular weight excluding hydrogens is 194 g/mol. The second-order valence-electron chi connectivity index (χ2n) is 2.69. The van der Waals surface area contributed by atoms with Gasteiger partial charge in [0.15, 0.2) is 0 Å². The Bertz CT molecular complexity index is 157. The van der Waals surface area contributed by atoms with E-state index in [0.29, 0.717) is 26.2 Å². The van der Waals surface area contributed by atoms with Crippen molar-refractivity contribution in [3.63, 3.8) is 0 Å². The lowest BCUT2D eigenvalue weighted by molar-refractivity contribution is -0.135. The second-order valence-corrected chi connectivity index (χ2v) is 2.69. The molecule has 0 bridgehead atoms. The normalized spacial score (nSPS) is 21.4. The molecule has 1 heterocycles. The first-order valence-electron chi connectivity index (χ1n) is 3.81. The number of hydrogen-bond donors (Lipinski definition) is 2. The van der Waals surface area contributed by atoms with Gasteiger partial charge in [0.1, 0.15) is 0 Å². The van der Waals surface area contributed by atoms with Crippen LogP contribution in [0.1, 0.15) is 6.92 Å². The first-order valence-corrected chi connectivity index (χ1v) is 3.81. The number of nitrogens with zero attached hydrogens (tertiary/aromatic N) is 1. The summed E-state index contributed by atoms with van der Waals surface area (Å²) in [5.74, 6) is 0.103. The number of rotatable bonds is 1. The molecule has 0 radical (unpaired) electrons. The van der Waals surface area contributed by atoms with Crippen LogP contribution < -0.4 is 11.9 Å². The summed E-state index contributed by atoms with van der Waals surface area (Å²) in [6, 6.07) is 0. The zero-order chi connectivity index (χ0) is 8.27. The van der Waals surface area contributed by atoms with Gasteiger partial charge in [0.25, 0.3) is 0 Å². The summed E-state index contributed by atoms with van der Waals surface area (Å²) in [6.45, 7) is 4.02. The molecule has 1 rings (SSSR count). The standard InChI is InChI=1S/C7H14N2O2.ClH.H3N/c1-6(10)9-2-3-11-7(4-8)5-9;;/h7H,2-5,8H2,1H3;1H;1H3/t7-;;/m0../s1. The molecule has 13 heavy (non-hydrogen) atoms. The maximum Gasteiger partial charge on any atom is 0.219 e. The lowest BCUT2D eigenvalue weighted by Crippen LogP contribution is -2.47. The Kier molecular flexibility index (Phi) is 8.24. The summed E-state index contributed by atoms with van der Waals surface area (Å²) in [4.78, 5) is 12.7. The predicted molar refractivity (Wildman–Crippen MR) is 53.3 cm³/mol. The highest BCUT2D eigenvalue weighted by atomic mass is 35.5. The molecule has 5 nitrogen and oxygen atoms in total. The van der Waals surface area contributed by atoms with E-state index in [9.17, 15) is 4.79 Å². The van der Waals surface area contributed by atoms with Crippen molar-refractivity contribution < 1.29 is 9.53 Å². The van der Waals surface area contributed by atoms with Gasteiger partial charge in [-0.15, -0.1) is 12.4 Å². The van der Waals surface area contributed by atoms with E-state index in [-0.39, 0.29) is 30.6 Å². The molecule has 0 saturated carbocycles. The monoisotopic (exact) mass is 211 g/mol. The molecule has 1 saturated heterocycles. The minimum atomic E-state index is 0. The molecule has 6 heteroatoms. The molecular formula is C7H18ClN3O2. The van der Waals surface area contributed by atoms with Crippen molar-refractivity contribution in [2.75, 3.05) is 26.2 Å². The van der Waals surface area contributed by atoms with E-state index in [4.69, 9.17) is 10.5 Å². The Balaban J connectivity index is 0. The quantitative estimate of drug-likeness (QED) is 0.627. The first-order chi connectivity index (χ1) is 5.24. The summed E-state index contributed by atoms with van der Waals surface area (Å²) >= 11 is 0. The Morgan fingerprint density at radius 1 is 1.69 bits per heavy atom. The fourth-order valence-electron chi connectivity index (χ4n) is 1.15. The maximum absolute atomic E-state index is 10.9. The van der Waals surface area contributed by atoms with Gasteiger partial charge in [0, 0.05) is 26.6 Å². The van der Waals surface area contributed by atoms with Gasteiger partial charge < -0.3 is 21.5 Å². The lowest BCUT2D eigenvalue weighted by Gasteiger charge is -2.31. The van der Waals surface area contributed by atoms with Crippen LogP contribution in [0.2, 0.25) is 0 Å². The molecule has 1 fully saturated rings. The van der Waals surface area contributed by atoms with Gasteiger partial charge in [0.05, 0.1) is 12.7 Å². The van der Waals surface area contributed by atoms with Crippen LogP contribution in [0, 0.1) is 0 Å². The van der Waals surface area contributed by atoms with E-state index in [1.165, 1.54) is 0 Å². The van der Waals surface area contributed by atoms with Crippen LogP contribution >= 0.6 is 12.4 Å². The maximum atomic E-state index is 10.9. The third-order valence-electron chi connectivity index (χ3n) is 1.85. The third kappa shape index (κ3) is 4.42. The fraction of sp³-hybridized carbons (Fsp3) is 0.857. The number of hydrogen-bond acceptors (Lipinski definition) is 4. The number of morpholine rings is 1. The van der Waals surface area contributed by atoms with Gasteiger partial charge in [-0.1, -0.05) is 0 Å². The van der Waals surface area contributed by atoms with Crippen molar-refractivity contribution in [2.45, 2.75) is 13.0 Å². The first kappa shape index (κ1) is 15.1. The van der Waals surface area contributed by atoms with Crippen molar-refractivity contribution in [1.82, 2.24) is 11.1 Å². The van der Waals surface area contributed by atoms with Gasteiger partial charge in [0.2, 0.25) is 5.91 Å². The Morgan fingerprint density at radius 2 is 2.31 bits per heavy atom. The Morgan fingerprint density at radius 3 is 2.77 bits per heavy atom. The summed E-state index contributed by atoms with van der Waals surface area (Å²) in [6.07, 6.45) is 0.0349. The molecule has 5 N–H and O–H groups in total. The Labute approximate surface area is 84.6 Å². The van der Waals surface area contributed by atoms with E-state index in [1.54, 1.807) is 11.8 Å². The second kappa shape index (κ2) is 7.08. The molecule has 0 unspecified atom stereocenters. The molecule has 0 aromatic rings. The smallest absolute Gasteiger partial charge is 0.219 e. The molecule has 0 spiro atoms. The van der Waals surface area contributed by atoms with Gasteiger partial charge in [-0.2, -0.15) is 0 Å². The van der Waals surface area contributed by atoms with E-state index in [1.807, 2.05) is 0 Å².